The lowest BCUT2D eigenvalue weighted by Crippen LogP contribution is -2.38. The molecule has 0 aromatic heterocycles. The summed E-state index contributed by atoms with van der Waals surface area (Å²) in [6.07, 6.45) is -0.235. The van der Waals surface area contributed by atoms with Gasteiger partial charge in [-0.05, 0) is 19.4 Å². The van der Waals surface area contributed by atoms with Crippen molar-refractivity contribution in [1.82, 2.24) is 0 Å². The largest absolute Gasteiger partial charge is 0.459 e. The highest BCUT2D eigenvalue weighted by molar-refractivity contribution is 5.87. The summed E-state index contributed by atoms with van der Waals surface area (Å²) in [4.78, 5) is 22.4. The average Bonchev–Trinajstić information content (AvgIpc) is 2.25. The number of benzene rings is 1. The van der Waals surface area contributed by atoms with Crippen LogP contribution in [0.15, 0.2) is 30.3 Å². The number of hydrogen-bond acceptors (Lipinski definition) is 4. The van der Waals surface area contributed by atoms with E-state index >= 15 is 0 Å². The molecule has 0 spiro atoms. The van der Waals surface area contributed by atoms with Crippen LogP contribution in [0.4, 0.5) is 0 Å². The minimum Gasteiger partial charge on any atom is -0.459 e. The number of carbonyl (C=O) groups is 2. The fraction of sp³-hybridized carbons (Fsp3) is 0.385. The van der Waals surface area contributed by atoms with E-state index in [-0.39, 0.29) is 18.8 Å². The van der Waals surface area contributed by atoms with Crippen molar-refractivity contribution >= 4 is 11.8 Å². The zero-order valence-electron chi connectivity index (χ0n) is 9.97. The third kappa shape index (κ3) is 4.36. The molecule has 0 aliphatic rings. The van der Waals surface area contributed by atoms with Crippen molar-refractivity contribution in [1.29, 1.82) is 0 Å². The first-order chi connectivity index (χ1) is 7.92. The Morgan fingerprint density at radius 3 is 2.41 bits per heavy atom. The maximum absolute atomic E-state index is 11.5. The van der Waals surface area contributed by atoms with Crippen LogP contribution >= 0.6 is 0 Å². The van der Waals surface area contributed by atoms with Crippen molar-refractivity contribution in [3.8, 4) is 0 Å². The van der Waals surface area contributed by atoms with Gasteiger partial charge in [0.25, 0.3) is 0 Å². The summed E-state index contributed by atoms with van der Waals surface area (Å²) in [7, 11) is 0. The standard InChI is InChI=1S/C13H16O4/c1-10(14)8-13(2,16)12(15)17-9-11-6-4-3-5-7-11/h3-7,16H,8-9H2,1-2H3. The van der Waals surface area contributed by atoms with Crippen LogP contribution in [-0.2, 0) is 20.9 Å². The van der Waals surface area contributed by atoms with Crippen molar-refractivity contribution in [2.75, 3.05) is 0 Å². The number of ether oxygens (including phenoxy) is 1. The van der Waals surface area contributed by atoms with E-state index in [0.29, 0.717) is 0 Å². The van der Waals surface area contributed by atoms with Crippen molar-refractivity contribution in [2.24, 2.45) is 0 Å². The molecule has 1 rings (SSSR count). The Morgan fingerprint density at radius 1 is 1.29 bits per heavy atom. The summed E-state index contributed by atoms with van der Waals surface area (Å²) in [5.74, 6) is -1.04. The van der Waals surface area contributed by atoms with Gasteiger partial charge in [0.2, 0.25) is 0 Å². The van der Waals surface area contributed by atoms with Crippen LogP contribution in [0, 0.1) is 0 Å². The van der Waals surface area contributed by atoms with Crippen LogP contribution in [0.5, 0.6) is 0 Å². The summed E-state index contributed by atoms with van der Waals surface area (Å²) in [6.45, 7) is 2.69. The van der Waals surface area contributed by atoms with Crippen LogP contribution in [0.1, 0.15) is 25.8 Å². The summed E-state index contributed by atoms with van der Waals surface area (Å²) in [5.41, 5.74) is -0.917. The molecule has 0 aliphatic heterocycles. The maximum atomic E-state index is 11.5. The van der Waals surface area contributed by atoms with E-state index in [1.165, 1.54) is 13.8 Å². The highest BCUT2D eigenvalue weighted by Gasteiger charge is 2.33. The summed E-state index contributed by atoms with van der Waals surface area (Å²) < 4.78 is 4.95. The molecule has 0 fully saturated rings. The molecule has 1 N–H and O–H groups in total. The molecule has 0 aliphatic carbocycles. The fourth-order valence-electron chi connectivity index (χ4n) is 1.44. The first-order valence-corrected chi connectivity index (χ1v) is 5.35. The lowest BCUT2D eigenvalue weighted by atomic mass is 10.0. The number of esters is 1. The SMILES string of the molecule is CC(=O)CC(C)(O)C(=O)OCc1ccccc1. The smallest absolute Gasteiger partial charge is 0.338 e. The van der Waals surface area contributed by atoms with E-state index < -0.39 is 11.6 Å². The fourth-order valence-corrected chi connectivity index (χ4v) is 1.44. The zero-order valence-corrected chi connectivity index (χ0v) is 9.97. The van der Waals surface area contributed by atoms with Gasteiger partial charge >= 0.3 is 5.97 Å². The summed E-state index contributed by atoms with van der Waals surface area (Å²) >= 11 is 0. The zero-order chi connectivity index (χ0) is 12.9. The van der Waals surface area contributed by atoms with E-state index in [9.17, 15) is 14.7 Å². The second-order valence-electron chi connectivity index (χ2n) is 4.21. The maximum Gasteiger partial charge on any atom is 0.338 e. The van der Waals surface area contributed by atoms with Crippen molar-refractivity contribution in [3.05, 3.63) is 35.9 Å². The van der Waals surface area contributed by atoms with Gasteiger partial charge in [-0.1, -0.05) is 30.3 Å². The van der Waals surface area contributed by atoms with E-state index in [2.05, 4.69) is 0 Å². The summed E-state index contributed by atoms with van der Waals surface area (Å²) in [5, 5.41) is 9.74. The molecule has 0 amide bonds. The van der Waals surface area contributed by atoms with Crippen LogP contribution in [0.25, 0.3) is 0 Å². The van der Waals surface area contributed by atoms with Crippen LogP contribution in [-0.4, -0.2) is 22.5 Å². The molecule has 4 heteroatoms. The van der Waals surface area contributed by atoms with Crippen LogP contribution in [0.2, 0.25) is 0 Å². The molecule has 0 heterocycles. The third-order valence-corrected chi connectivity index (χ3v) is 2.25. The Morgan fingerprint density at radius 2 is 1.88 bits per heavy atom. The topological polar surface area (TPSA) is 63.6 Å². The van der Waals surface area contributed by atoms with Gasteiger partial charge in [0, 0.05) is 6.42 Å². The van der Waals surface area contributed by atoms with Gasteiger partial charge in [-0.25, -0.2) is 4.79 Å². The molecule has 0 saturated heterocycles. The number of hydrogen-bond donors (Lipinski definition) is 1. The molecule has 92 valence electrons. The average molecular weight is 236 g/mol. The van der Waals surface area contributed by atoms with Gasteiger partial charge in [-0.15, -0.1) is 0 Å². The molecule has 1 unspecified atom stereocenters. The summed E-state index contributed by atoms with van der Waals surface area (Å²) in [6, 6.07) is 9.14. The highest BCUT2D eigenvalue weighted by Crippen LogP contribution is 2.13. The Labute approximate surface area is 100 Å². The molecule has 0 saturated carbocycles. The highest BCUT2D eigenvalue weighted by atomic mass is 16.5. The molecular formula is C13H16O4. The van der Waals surface area contributed by atoms with E-state index in [1.807, 2.05) is 30.3 Å². The molecule has 1 aromatic carbocycles. The predicted octanol–water partition coefficient (Wildman–Crippen LogP) is 1.46. The Bertz CT molecular complexity index is 395. The molecule has 1 aromatic rings. The lowest BCUT2D eigenvalue weighted by molar-refractivity contribution is -0.167. The Hall–Kier alpha value is -1.68. The van der Waals surface area contributed by atoms with E-state index in [0.717, 1.165) is 5.56 Å². The van der Waals surface area contributed by atoms with E-state index in [1.54, 1.807) is 0 Å². The van der Waals surface area contributed by atoms with Gasteiger partial charge in [0.15, 0.2) is 5.60 Å². The van der Waals surface area contributed by atoms with Crippen molar-refractivity contribution in [2.45, 2.75) is 32.5 Å². The van der Waals surface area contributed by atoms with Gasteiger partial charge in [-0.3, -0.25) is 4.79 Å². The molecule has 1 atom stereocenters. The number of rotatable bonds is 5. The molecule has 0 radical (unpaired) electrons. The van der Waals surface area contributed by atoms with Crippen LogP contribution < -0.4 is 0 Å². The number of aliphatic hydroxyl groups is 1. The Balaban J connectivity index is 2.52. The molecule has 4 nitrogen and oxygen atoms in total. The normalized spacial score (nSPS) is 13.8. The van der Waals surface area contributed by atoms with Gasteiger partial charge < -0.3 is 9.84 Å². The van der Waals surface area contributed by atoms with Crippen molar-refractivity contribution in [3.63, 3.8) is 0 Å². The second kappa shape index (κ2) is 5.59. The minimum absolute atomic E-state index is 0.0910. The molecular weight excluding hydrogens is 220 g/mol. The molecule has 0 bridgehead atoms. The van der Waals surface area contributed by atoms with Gasteiger partial charge in [-0.2, -0.15) is 0 Å². The number of ketones is 1. The first-order valence-electron chi connectivity index (χ1n) is 5.35. The first kappa shape index (κ1) is 13.4. The molecule has 17 heavy (non-hydrogen) atoms. The second-order valence-corrected chi connectivity index (χ2v) is 4.21. The monoisotopic (exact) mass is 236 g/mol. The predicted molar refractivity (Wildman–Crippen MR) is 62.2 cm³/mol. The van der Waals surface area contributed by atoms with Gasteiger partial charge in [0.1, 0.15) is 12.4 Å². The third-order valence-electron chi connectivity index (χ3n) is 2.25. The van der Waals surface area contributed by atoms with Crippen LogP contribution in [0.3, 0.4) is 0 Å². The van der Waals surface area contributed by atoms with E-state index in [4.69, 9.17) is 4.74 Å². The lowest BCUT2D eigenvalue weighted by Gasteiger charge is -2.19. The number of Topliss-reactive ketones (excluding diaryl/α,β-unsaturated/α-hetero) is 1. The number of carbonyl (C=O) groups excluding carboxylic acids is 2. The van der Waals surface area contributed by atoms with Gasteiger partial charge in [0.05, 0.1) is 0 Å². The van der Waals surface area contributed by atoms with Crippen molar-refractivity contribution < 1.29 is 19.4 Å². The minimum atomic E-state index is -1.75. The Kier molecular flexibility index (Phi) is 4.40. The quantitative estimate of drug-likeness (QED) is 0.786.